The predicted octanol–water partition coefficient (Wildman–Crippen LogP) is 3.55. The van der Waals surface area contributed by atoms with Crippen molar-refractivity contribution in [2.75, 3.05) is 11.9 Å². The number of nitrogens with zero attached hydrogens (tertiary/aromatic N) is 3. The van der Waals surface area contributed by atoms with E-state index in [1.54, 1.807) is 12.4 Å². The molecule has 94 valence electrons. The van der Waals surface area contributed by atoms with Gasteiger partial charge < -0.3 is 4.90 Å². The molecule has 0 saturated heterocycles. The third-order valence-corrected chi connectivity index (χ3v) is 3.19. The molecule has 0 spiro atoms. The van der Waals surface area contributed by atoms with Crippen LogP contribution in [0.2, 0.25) is 0 Å². The van der Waals surface area contributed by atoms with Crippen molar-refractivity contribution in [3.05, 3.63) is 47.8 Å². The van der Waals surface area contributed by atoms with Gasteiger partial charge in [-0.1, -0.05) is 19.1 Å². The maximum Gasteiger partial charge on any atom is 0.229 e. The maximum absolute atomic E-state index is 5.72. The second-order valence-corrected chi connectivity index (χ2v) is 4.37. The molecular weight excluding hydrogens is 246 g/mol. The van der Waals surface area contributed by atoms with E-state index in [9.17, 15) is 0 Å². The molecule has 1 aromatic carbocycles. The molecule has 18 heavy (non-hydrogen) atoms. The highest BCUT2D eigenvalue weighted by atomic mass is 35.5. The number of aryl methyl sites for hydroxylation is 1. The van der Waals surface area contributed by atoms with Gasteiger partial charge in [0.05, 0.1) is 5.88 Å². The number of halogens is 1. The van der Waals surface area contributed by atoms with Crippen molar-refractivity contribution in [2.45, 2.75) is 19.2 Å². The Hall–Kier alpha value is -1.61. The number of aromatic nitrogens is 2. The fourth-order valence-electron chi connectivity index (χ4n) is 1.66. The lowest BCUT2D eigenvalue weighted by Gasteiger charge is -2.17. The van der Waals surface area contributed by atoms with Crippen LogP contribution in [0.15, 0.2) is 36.7 Å². The van der Waals surface area contributed by atoms with Crippen LogP contribution in [0.4, 0.5) is 11.6 Å². The van der Waals surface area contributed by atoms with Gasteiger partial charge in [-0.25, -0.2) is 9.97 Å². The van der Waals surface area contributed by atoms with Crippen molar-refractivity contribution >= 4 is 23.2 Å². The Balaban J connectivity index is 2.20. The Bertz CT molecular complexity index is 446. The van der Waals surface area contributed by atoms with Crippen LogP contribution in [-0.4, -0.2) is 17.0 Å². The summed E-state index contributed by atoms with van der Waals surface area (Å²) in [4.78, 5) is 10.6. The highest BCUT2D eigenvalue weighted by Gasteiger charge is 2.06. The van der Waals surface area contributed by atoms with Crippen molar-refractivity contribution in [3.63, 3.8) is 0 Å². The molecule has 0 aliphatic carbocycles. The Kier molecular flexibility index (Phi) is 4.15. The van der Waals surface area contributed by atoms with Crippen LogP contribution in [0, 0.1) is 0 Å². The van der Waals surface area contributed by atoms with Crippen LogP contribution in [0.3, 0.4) is 0 Å². The molecule has 0 bridgehead atoms. The topological polar surface area (TPSA) is 29.0 Å². The van der Waals surface area contributed by atoms with Crippen molar-refractivity contribution in [1.82, 2.24) is 9.97 Å². The van der Waals surface area contributed by atoms with E-state index in [1.807, 2.05) is 11.9 Å². The molecule has 0 saturated carbocycles. The molecule has 1 aromatic heterocycles. The minimum Gasteiger partial charge on any atom is -0.314 e. The second kappa shape index (κ2) is 5.83. The Morgan fingerprint density at radius 2 is 1.67 bits per heavy atom. The first kappa shape index (κ1) is 12.8. The minimum absolute atomic E-state index is 0.440. The monoisotopic (exact) mass is 261 g/mol. The van der Waals surface area contributed by atoms with E-state index >= 15 is 0 Å². The molecule has 0 radical (unpaired) electrons. The van der Waals surface area contributed by atoms with E-state index in [1.165, 1.54) is 5.56 Å². The quantitative estimate of drug-likeness (QED) is 0.789. The Morgan fingerprint density at radius 1 is 1.06 bits per heavy atom. The minimum atomic E-state index is 0.440. The fourth-order valence-corrected chi connectivity index (χ4v) is 1.80. The summed E-state index contributed by atoms with van der Waals surface area (Å²) in [5.41, 5.74) is 3.33. The number of alkyl halides is 1. The molecule has 0 fully saturated rings. The van der Waals surface area contributed by atoms with Crippen LogP contribution in [0.1, 0.15) is 18.1 Å². The van der Waals surface area contributed by atoms with Gasteiger partial charge in [0.2, 0.25) is 5.95 Å². The third-order valence-electron chi connectivity index (χ3n) is 2.88. The predicted molar refractivity (Wildman–Crippen MR) is 75.5 cm³/mol. The third kappa shape index (κ3) is 2.79. The number of hydrogen-bond donors (Lipinski definition) is 0. The normalized spacial score (nSPS) is 10.4. The second-order valence-electron chi connectivity index (χ2n) is 4.10. The molecule has 0 atom stereocenters. The number of benzene rings is 1. The average molecular weight is 262 g/mol. The number of anilines is 2. The summed E-state index contributed by atoms with van der Waals surface area (Å²) in [6.45, 7) is 2.15. The first-order valence-corrected chi connectivity index (χ1v) is 6.47. The van der Waals surface area contributed by atoms with Crippen molar-refractivity contribution < 1.29 is 0 Å². The smallest absolute Gasteiger partial charge is 0.229 e. The van der Waals surface area contributed by atoms with Gasteiger partial charge in [0.15, 0.2) is 0 Å². The van der Waals surface area contributed by atoms with E-state index in [0.29, 0.717) is 11.8 Å². The molecule has 4 heteroatoms. The summed E-state index contributed by atoms with van der Waals surface area (Å²) in [6.07, 6.45) is 4.56. The largest absolute Gasteiger partial charge is 0.314 e. The zero-order valence-electron chi connectivity index (χ0n) is 10.6. The van der Waals surface area contributed by atoms with Crippen LogP contribution in [-0.2, 0) is 12.3 Å². The van der Waals surface area contributed by atoms with Crippen LogP contribution in [0.5, 0.6) is 0 Å². The molecule has 0 aliphatic heterocycles. The summed E-state index contributed by atoms with van der Waals surface area (Å²) < 4.78 is 0. The first-order chi connectivity index (χ1) is 8.74. The van der Waals surface area contributed by atoms with Gasteiger partial charge in [0.25, 0.3) is 0 Å². The van der Waals surface area contributed by atoms with E-state index in [0.717, 1.165) is 17.7 Å². The molecule has 0 unspecified atom stereocenters. The Morgan fingerprint density at radius 3 is 2.17 bits per heavy atom. The van der Waals surface area contributed by atoms with Crippen LogP contribution in [0.25, 0.3) is 0 Å². The summed E-state index contributed by atoms with van der Waals surface area (Å²) >= 11 is 5.72. The highest BCUT2D eigenvalue weighted by molar-refractivity contribution is 6.17. The molecule has 1 heterocycles. The van der Waals surface area contributed by atoms with Crippen molar-refractivity contribution in [3.8, 4) is 0 Å². The molecule has 2 aromatic rings. The summed E-state index contributed by atoms with van der Waals surface area (Å²) in [6, 6.07) is 8.41. The lowest BCUT2D eigenvalue weighted by Crippen LogP contribution is -2.13. The maximum atomic E-state index is 5.72. The van der Waals surface area contributed by atoms with Gasteiger partial charge in [-0.2, -0.15) is 0 Å². The molecule has 3 nitrogen and oxygen atoms in total. The highest BCUT2D eigenvalue weighted by Crippen LogP contribution is 2.20. The summed E-state index contributed by atoms with van der Waals surface area (Å²) in [7, 11) is 1.96. The lowest BCUT2D eigenvalue weighted by molar-refractivity contribution is 1.02. The average Bonchev–Trinajstić information content (AvgIpc) is 2.47. The zero-order chi connectivity index (χ0) is 13.0. The standard InChI is InChI=1S/C14H16ClN3/c1-3-11-4-6-13(7-5-11)18(2)14-16-9-12(8-15)10-17-14/h4-7,9-10H,3,8H2,1-2H3. The van der Waals surface area contributed by atoms with Crippen LogP contribution >= 0.6 is 11.6 Å². The molecule has 0 aliphatic rings. The van der Waals surface area contributed by atoms with E-state index in [-0.39, 0.29) is 0 Å². The summed E-state index contributed by atoms with van der Waals surface area (Å²) in [5, 5.41) is 0. The first-order valence-electron chi connectivity index (χ1n) is 5.94. The number of hydrogen-bond acceptors (Lipinski definition) is 3. The fraction of sp³-hybridized carbons (Fsp3) is 0.286. The Labute approximate surface area is 112 Å². The lowest BCUT2D eigenvalue weighted by atomic mass is 10.1. The van der Waals surface area contributed by atoms with Gasteiger partial charge >= 0.3 is 0 Å². The summed E-state index contributed by atoms with van der Waals surface area (Å²) in [5.74, 6) is 1.11. The van der Waals surface area contributed by atoms with Gasteiger partial charge in [-0.15, -0.1) is 11.6 Å². The zero-order valence-corrected chi connectivity index (χ0v) is 11.4. The van der Waals surface area contributed by atoms with Gasteiger partial charge in [-0.05, 0) is 24.1 Å². The van der Waals surface area contributed by atoms with Crippen LogP contribution < -0.4 is 4.90 Å². The molecule has 0 amide bonds. The van der Waals surface area contributed by atoms with Crippen molar-refractivity contribution in [2.24, 2.45) is 0 Å². The molecular formula is C14H16ClN3. The van der Waals surface area contributed by atoms with Crippen molar-refractivity contribution in [1.29, 1.82) is 0 Å². The van der Waals surface area contributed by atoms with Gasteiger partial charge in [-0.3, -0.25) is 0 Å². The van der Waals surface area contributed by atoms with E-state index in [4.69, 9.17) is 11.6 Å². The van der Waals surface area contributed by atoms with E-state index < -0.39 is 0 Å². The molecule has 0 N–H and O–H groups in total. The van der Waals surface area contributed by atoms with Gasteiger partial charge in [0.1, 0.15) is 0 Å². The number of rotatable bonds is 4. The van der Waals surface area contributed by atoms with Gasteiger partial charge in [0, 0.05) is 30.7 Å². The SMILES string of the molecule is CCc1ccc(N(C)c2ncc(CCl)cn2)cc1. The molecule has 2 rings (SSSR count). The van der Waals surface area contributed by atoms with E-state index in [2.05, 4.69) is 41.2 Å².